The van der Waals surface area contributed by atoms with Gasteiger partial charge in [0.05, 0.1) is 11.4 Å². The second-order valence-electron chi connectivity index (χ2n) is 5.86. The first-order chi connectivity index (χ1) is 11.1. The van der Waals surface area contributed by atoms with Crippen LogP contribution in [0.1, 0.15) is 38.4 Å². The molecule has 2 heterocycles. The van der Waals surface area contributed by atoms with Crippen LogP contribution < -0.4 is 0 Å². The summed E-state index contributed by atoms with van der Waals surface area (Å²) in [6.07, 6.45) is 1.38. The Labute approximate surface area is 137 Å². The van der Waals surface area contributed by atoms with Crippen molar-refractivity contribution in [2.75, 3.05) is 0 Å². The maximum Gasteiger partial charge on any atom is 0.343 e. The molecule has 0 radical (unpaired) electrons. The van der Waals surface area contributed by atoms with E-state index in [4.69, 9.17) is 0 Å². The summed E-state index contributed by atoms with van der Waals surface area (Å²) in [5.74, 6) is -4.67. The quantitative estimate of drug-likeness (QED) is 0.659. The Morgan fingerprint density at radius 1 is 1.17 bits per heavy atom. The highest BCUT2D eigenvalue weighted by Gasteiger charge is 2.64. The molecule has 1 aromatic rings. The Morgan fingerprint density at radius 3 is 2.12 bits per heavy atom. The summed E-state index contributed by atoms with van der Waals surface area (Å²) in [6, 6.07) is 1.71. The maximum atomic E-state index is 12.3. The van der Waals surface area contributed by atoms with E-state index in [2.05, 4.69) is 9.98 Å². The smallest absolute Gasteiger partial charge is 0.343 e. The first kappa shape index (κ1) is 17.6. The number of hydrogen-bond acceptors (Lipinski definition) is 5. The zero-order valence-corrected chi connectivity index (χ0v) is 13.5. The summed E-state index contributed by atoms with van der Waals surface area (Å²) in [6.45, 7) is 4.13. The van der Waals surface area contributed by atoms with Gasteiger partial charge >= 0.3 is 11.9 Å². The van der Waals surface area contributed by atoms with E-state index in [-0.39, 0.29) is 5.71 Å². The van der Waals surface area contributed by atoms with Crippen LogP contribution >= 0.6 is 0 Å². The average molecular weight is 334 g/mol. The average Bonchev–Trinajstić information content (AvgIpc) is 3.09. The molecule has 0 spiro atoms. The Bertz CT molecular complexity index is 745. The summed E-state index contributed by atoms with van der Waals surface area (Å²) in [7, 11) is 0. The fourth-order valence-electron chi connectivity index (χ4n) is 3.15. The van der Waals surface area contributed by atoms with E-state index >= 15 is 0 Å². The van der Waals surface area contributed by atoms with Crippen LogP contribution in [0.2, 0.25) is 0 Å². The molecule has 0 atom stereocenters. The number of ketones is 2. The number of aromatic amines is 1. The predicted octanol–water partition coefficient (Wildman–Crippen LogP) is 0.842. The summed E-state index contributed by atoms with van der Waals surface area (Å²) in [4.78, 5) is 54.8. The summed E-state index contributed by atoms with van der Waals surface area (Å²) < 4.78 is 0. The minimum Gasteiger partial charge on any atom is -0.479 e. The molecule has 2 rings (SSSR count). The van der Waals surface area contributed by atoms with E-state index in [9.17, 15) is 29.4 Å². The van der Waals surface area contributed by atoms with Crippen molar-refractivity contribution in [2.24, 2.45) is 10.4 Å². The number of hydrogen-bond donors (Lipinski definition) is 3. The van der Waals surface area contributed by atoms with Crippen LogP contribution in [0.15, 0.2) is 17.3 Å². The first-order valence-corrected chi connectivity index (χ1v) is 7.39. The van der Waals surface area contributed by atoms with Gasteiger partial charge in [0.2, 0.25) is 0 Å². The van der Waals surface area contributed by atoms with Gasteiger partial charge in [-0.3, -0.25) is 14.6 Å². The van der Waals surface area contributed by atoms with Crippen LogP contribution in [-0.2, 0) is 25.6 Å². The van der Waals surface area contributed by atoms with E-state index in [0.29, 0.717) is 17.7 Å². The van der Waals surface area contributed by atoms with Crippen molar-refractivity contribution in [1.29, 1.82) is 0 Å². The molecule has 0 bridgehead atoms. The number of aryl methyl sites for hydroxylation is 1. The van der Waals surface area contributed by atoms with Crippen molar-refractivity contribution in [2.45, 2.75) is 39.2 Å². The summed E-state index contributed by atoms with van der Waals surface area (Å²) in [5, 5.41) is 18.9. The van der Waals surface area contributed by atoms with E-state index in [1.165, 1.54) is 0 Å². The van der Waals surface area contributed by atoms with Crippen LogP contribution in [0.25, 0.3) is 0 Å². The van der Waals surface area contributed by atoms with Gasteiger partial charge in [0.25, 0.3) is 5.54 Å². The second kappa shape index (κ2) is 5.70. The molecule has 128 valence electrons. The number of aliphatic carboxylic acids is 2. The number of carboxylic acids is 2. The van der Waals surface area contributed by atoms with Crippen molar-refractivity contribution in [3.8, 4) is 0 Å². The third-order valence-corrected chi connectivity index (χ3v) is 4.59. The summed E-state index contributed by atoms with van der Waals surface area (Å²) in [5.41, 5.74) is -3.54. The topological polar surface area (TPSA) is 137 Å². The Hall–Kier alpha value is -2.77. The fourth-order valence-corrected chi connectivity index (χ4v) is 3.15. The van der Waals surface area contributed by atoms with Crippen LogP contribution in [0, 0.1) is 5.41 Å². The van der Waals surface area contributed by atoms with Gasteiger partial charge in [0.1, 0.15) is 17.0 Å². The molecule has 0 saturated heterocycles. The number of carbonyl (C=O) groups is 4. The Morgan fingerprint density at radius 2 is 1.71 bits per heavy atom. The molecule has 1 aliphatic rings. The number of Topliss-reactive ketones (excluding diaryl/α,β-unsaturated/α-hetero) is 2. The minimum absolute atomic E-state index is 0.117. The van der Waals surface area contributed by atoms with Gasteiger partial charge in [-0.15, -0.1) is 0 Å². The molecule has 1 aromatic heterocycles. The normalized spacial score (nSPS) is 18.0. The lowest BCUT2D eigenvalue weighted by Crippen LogP contribution is -2.49. The molecule has 0 fully saturated rings. The van der Waals surface area contributed by atoms with E-state index < -0.39 is 40.9 Å². The van der Waals surface area contributed by atoms with Gasteiger partial charge in [-0.2, -0.15) is 0 Å². The highest BCUT2D eigenvalue weighted by atomic mass is 16.4. The van der Waals surface area contributed by atoms with Crippen LogP contribution in [0.5, 0.6) is 0 Å². The van der Waals surface area contributed by atoms with Crippen molar-refractivity contribution in [1.82, 2.24) is 4.98 Å². The maximum absolute atomic E-state index is 12.3. The summed E-state index contributed by atoms with van der Waals surface area (Å²) >= 11 is 0. The number of aliphatic imine (C=N–C) groups is 1. The third-order valence-electron chi connectivity index (χ3n) is 4.59. The van der Waals surface area contributed by atoms with Crippen LogP contribution in [-0.4, -0.2) is 50.0 Å². The monoisotopic (exact) mass is 334 g/mol. The number of H-pyrrole nitrogens is 1. The molecule has 3 N–H and O–H groups in total. The van der Waals surface area contributed by atoms with Crippen molar-refractivity contribution in [3.63, 3.8) is 0 Å². The minimum atomic E-state index is -2.57. The molecular weight excluding hydrogens is 316 g/mol. The number of carbonyl (C=O) groups excluding carboxylic acids is 2. The van der Waals surface area contributed by atoms with Crippen LogP contribution in [0.3, 0.4) is 0 Å². The van der Waals surface area contributed by atoms with Crippen molar-refractivity contribution < 1.29 is 29.4 Å². The molecule has 0 saturated carbocycles. The largest absolute Gasteiger partial charge is 0.479 e. The lowest BCUT2D eigenvalue weighted by Gasteiger charge is -2.26. The van der Waals surface area contributed by atoms with Crippen molar-refractivity contribution in [3.05, 3.63) is 23.5 Å². The third kappa shape index (κ3) is 2.17. The molecule has 0 unspecified atom stereocenters. The number of nitrogens with one attached hydrogen (secondary N) is 1. The molecular formula is C16H18N2O6. The molecule has 8 heteroatoms. The lowest BCUT2D eigenvalue weighted by atomic mass is 9.69. The van der Waals surface area contributed by atoms with Crippen molar-refractivity contribution >= 4 is 29.2 Å². The van der Waals surface area contributed by atoms with Crippen LogP contribution in [0.4, 0.5) is 0 Å². The van der Waals surface area contributed by atoms with Gasteiger partial charge in [-0.25, -0.2) is 9.59 Å². The zero-order chi connectivity index (χ0) is 18.3. The second-order valence-corrected chi connectivity index (χ2v) is 5.86. The van der Waals surface area contributed by atoms with E-state index in [1.54, 1.807) is 12.3 Å². The highest BCUT2D eigenvalue weighted by molar-refractivity contribution is 6.33. The predicted molar refractivity (Wildman–Crippen MR) is 83.1 cm³/mol. The molecule has 0 aromatic carbocycles. The van der Waals surface area contributed by atoms with Gasteiger partial charge in [0.15, 0.2) is 0 Å². The van der Waals surface area contributed by atoms with E-state index in [0.717, 1.165) is 13.8 Å². The number of carboxylic acid groups (broad SMARTS) is 2. The van der Waals surface area contributed by atoms with Gasteiger partial charge < -0.3 is 15.2 Å². The SMILES string of the molecule is CCc1cc[nH]c1C1=NC(C(=O)O)(C(=O)O)CC1(C(C)=O)C(C)=O. The van der Waals surface area contributed by atoms with E-state index in [1.807, 2.05) is 6.92 Å². The Balaban J connectivity index is 2.85. The lowest BCUT2D eigenvalue weighted by molar-refractivity contribution is -0.157. The van der Waals surface area contributed by atoms with Gasteiger partial charge in [0, 0.05) is 12.6 Å². The molecule has 1 aliphatic heterocycles. The standard InChI is InChI=1S/C16H18N2O6/c1-4-10-5-6-17-11(10)12-15(8(2)19,9(3)20)7-16(18-12,13(21)22)14(23)24/h5-6,17H,4,7H2,1-3H3,(H,21,22)(H,23,24). The molecule has 0 aliphatic carbocycles. The number of nitrogens with zero attached hydrogens (tertiary/aromatic N) is 1. The Kier molecular flexibility index (Phi) is 4.18. The van der Waals surface area contributed by atoms with Gasteiger partial charge in [-0.1, -0.05) is 6.92 Å². The highest BCUT2D eigenvalue weighted by Crippen LogP contribution is 2.44. The molecule has 0 amide bonds. The molecule has 24 heavy (non-hydrogen) atoms. The first-order valence-electron chi connectivity index (χ1n) is 7.39. The fraction of sp³-hybridized carbons (Fsp3) is 0.438. The number of aromatic nitrogens is 1. The number of rotatable bonds is 6. The molecule has 8 nitrogen and oxygen atoms in total. The zero-order valence-electron chi connectivity index (χ0n) is 13.5. The van der Waals surface area contributed by atoms with Gasteiger partial charge in [-0.05, 0) is 31.9 Å².